The van der Waals surface area contributed by atoms with Crippen molar-refractivity contribution in [2.24, 2.45) is 5.92 Å². The van der Waals surface area contributed by atoms with Gasteiger partial charge in [-0.05, 0) is 46.1 Å². The Bertz CT molecular complexity index is 281. The minimum Gasteiger partial charge on any atom is -0.444 e. The van der Waals surface area contributed by atoms with Crippen LogP contribution in [0, 0.1) is 5.92 Å². The third-order valence-corrected chi connectivity index (χ3v) is 3.49. The molecule has 0 aromatic carbocycles. The standard InChI is InChI=1S/C13H24N2O2.ClH/c1-13(2,3)17-12(16)15-9-10-5-4-6-11(15)8-14-7-10;/h10-11,14H,4-9H2,1-3H3;1H/t10-,11-;/m0./s1. The van der Waals surface area contributed by atoms with Gasteiger partial charge in [-0.2, -0.15) is 0 Å². The van der Waals surface area contributed by atoms with E-state index in [-0.39, 0.29) is 18.5 Å². The average Bonchev–Trinajstić information content (AvgIpc) is 2.44. The molecule has 2 atom stereocenters. The van der Waals surface area contributed by atoms with E-state index in [1.54, 1.807) is 0 Å². The second-order valence-electron chi connectivity index (χ2n) is 6.24. The molecule has 18 heavy (non-hydrogen) atoms. The number of carbonyl (C=O) groups is 1. The van der Waals surface area contributed by atoms with Crippen molar-refractivity contribution in [1.82, 2.24) is 10.2 Å². The molecular formula is C13H25ClN2O2. The molecule has 2 saturated heterocycles. The Morgan fingerprint density at radius 1 is 1.28 bits per heavy atom. The lowest BCUT2D eigenvalue weighted by Gasteiger charge is -2.31. The molecule has 2 aliphatic rings. The Morgan fingerprint density at radius 2 is 2.00 bits per heavy atom. The van der Waals surface area contributed by atoms with Crippen LogP contribution in [0.15, 0.2) is 0 Å². The number of fused-ring (bicyclic) bond motifs is 3. The second-order valence-corrected chi connectivity index (χ2v) is 6.24. The number of hydrogen-bond donors (Lipinski definition) is 1. The summed E-state index contributed by atoms with van der Waals surface area (Å²) in [5, 5.41) is 3.45. The summed E-state index contributed by atoms with van der Waals surface area (Å²) in [6, 6.07) is 0.317. The molecule has 2 aliphatic heterocycles. The maximum absolute atomic E-state index is 12.2. The molecule has 4 nitrogen and oxygen atoms in total. The summed E-state index contributed by atoms with van der Waals surface area (Å²) >= 11 is 0. The van der Waals surface area contributed by atoms with E-state index in [4.69, 9.17) is 4.74 Å². The monoisotopic (exact) mass is 276 g/mol. The molecule has 2 rings (SSSR count). The molecule has 5 heteroatoms. The predicted octanol–water partition coefficient (Wildman–Crippen LogP) is 2.42. The van der Waals surface area contributed by atoms with Crippen LogP contribution >= 0.6 is 12.4 Å². The molecule has 0 saturated carbocycles. The first-order valence-corrected chi connectivity index (χ1v) is 6.66. The fourth-order valence-electron chi connectivity index (χ4n) is 2.69. The topological polar surface area (TPSA) is 41.6 Å². The zero-order chi connectivity index (χ0) is 12.5. The number of nitrogens with zero attached hydrogens (tertiary/aromatic N) is 1. The van der Waals surface area contributed by atoms with E-state index in [0.717, 1.165) is 26.1 Å². The summed E-state index contributed by atoms with van der Waals surface area (Å²) in [4.78, 5) is 14.1. The summed E-state index contributed by atoms with van der Waals surface area (Å²) in [6.07, 6.45) is 3.42. The van der Waals surface area contributed by atoms with Crippen LogP contribution in [0.4, 0.5) is 4.79 Å². The van der Waals surface area contributed by atoms with Gasteiger partial charge in [0.1, 0.15) is 5.60 Å². The molecule has 1 N–H and O–H groups in total. The van der Waals surface area contributed by atoms with Crippen LogP contribution < -0.4 is 5.32 Å². The summed E-state index contributed by atoms with van der Waals surface area (Å²) in [6.45, 7) is 8.57. The van der Waals surface area contributed by atoms with Gasteiger partial charge in [0.15, 0.2) is 0 Å². The van der Waals surface area contributed by atoms with Crippen LogP contribution in [0.3, 0.4) is 0 Å². The number of carbonyl (C=O) groups excluding carboxylic acids is 1. The molecule has 0 aromatic heterocycles. The first-order valence-electron chi connectivity index (χ1n) is 6.66. The SMILES string of the molecule is CC(C)(C)OC(=O)N1C[C@H]2CCC[C@H]1CNC2.Cl. The molecule has 0 radical (unpaired) electrons. The van der Waals surface area contributed by atoms with E-state index in [0.29, 0.717) is 12.0 Å². The number of ether oxygens (including phenoxy) is 1. The van der Waals surface area contributed by atoms with Crippen LogP contribution in [0.2, 0.25) is 0 Å². The molecule has 2 bridgehead atoms. The molecular weight excluding hydrogens is 252 g/mol. The summed E-state index contributed by atoms with van der Waals surface area (Å²) in [5.41, 5.74) is -0.398. The fourth-order valence-corrected chi connectivity index (χ4v) is 2.69. The Kier molecular flexibility index (Phi) is 5.29. The molecule has 1 amide bonds. The zero-order valence-electron chi connectivity index (χ0n) is 11.6. The van der Waals surface area contributed by atoms with E-state index in [2.05, 4.69) is 5.32 Å². The summed E-state index contributed by atoms with van der Waals surface area (Å²) < 4.78 is 5.50. The minimum absolute atomic E-state index is 0. The Hall–Kier alpha value is -0.480. The van der Waals surface area contributed by atoms with Gasteiger partial charge < -0.3 is 15.0 Å². The lowest BCUT2D eigenvalue weighted by Crippen LogP contribution is -2.45. The first kappa shape index (κ1) is 15.6. The summed E-state index contributed by atoms with van der Waals surface area (Å²) in [5.74, 6) is 0.593. The first-order chi connectivity index (χ1) is 7.96. The van der Waals surface area contributed by atoms with E-state index < -0.39 is 5.60 Å². The zero-order valence-corrected chi connectivity index (χ0v) is 12.4. The van der Waals surface area contributed by atoms with Gasteiger partial charge in [0.2, 0.25) is 0 Å². The third kappa shape index (κ3) is 4.02. The highest BCUT2D eigenvalue weighted by molar-refractivity contribution is 5.85. The molecule has 0 unspecified atom stereocenters. The van der Waals surface area contributed by atoms with Crippen LogP contribution in [0.5, 0.6) is 0 Å². The van der Waals surface area contributed by atoms with Crippen molar-refractivity contribution in [3.63, 3.8) is 0 Å². The van der Waals surface area contributed by atoms with E-state index in [1.165, 1.54) is 12.8 Å². The number of amides is 1. The molecule has 106 valence electrons. The van der Waals surface area contributed by atoms with Crippen LogP contribution in [-0.2, 0) is 4.74 Å². The number of nitrogens with one attached hydrogen (secondary N) is 1. The maximum atomic E-state index is 12.2. The molecule has 0 aliphatic carbocycles. The van der Waals surface area contributed by atoms with Gasteiger partial charge in [0, 0.05) is 19.1 Å². The van der Waals surface area contributed by atoms with Gasteiger partial charge in [-0.1, -0.05) is 6.42 Å². The number of hydrogen-bond acceptors (Lipinski definition) is 3. The van der Waals surface area contributed by atoms with Crippen molar-refractivity contribution >= 4 is 18.5 Å². The largest absolute Gasteiger partial charge is 0.444 e. The van der Waals surface area contributed by atoms with Crippen molar-refractivity contribution in [3.8, 4) is 0 Å². The lowest BCUT2D eigenvalue weighted by molar-refractivity contribution is 0.0166. The van der Waals surface area contributed by atoms with Gasteiger partial charge in [0.25, 0.3) is 0 Å². The second kappa shape index (κ2) is 6.11. The highest BCUT2D eigenvalue weighted by Gasteiger charge is 2.34. The van der Waals surface area contributed by atoms with Crippen molar-refractivity contribution in [1.29, 1.82) is 0 Å². The van der Waals surface area contributed by atoms with Crippen molar-refractivity contribution in [3.05, 3.63) is 0 Å². The van der Waals surface area contributed by atoms with Crippen LogP contribution in [0.1, 0.15) is 40.0 Å². The molecule has 2 fully saturated rings. The maximum Gasteiger partial charge on any atom is 0.410 e. The third-order valence-electron chi connectivity index (χ3n) is 3.49. The van der Waals surface area contributed by atoms with E-state index >= 15 is 0 Å². The van der Waals surface area contributed by atoms with Crippen molar-refractivity contribution in [2.75, 3.05) is 19.6 Å². The van der Waals surface area contributed by atoms with Crippen LogP contribution in [-0.4, -0.2) is 42.3 Å². The molecule has 0 spiro atoms. The van der Waals surface area contributed by atoms with Gasteiger partial charge >= 0.3 is 6.09 Å². The minimum atomic E-state index is -0.398. The normalized spacial score (nSPS) is 28.1. The molecule has 2 heterocycles. The van der Waals surface area contributed by atoms with Crippen molar-refractivity contribution in [2.45, 2.75) is 51.7 Å². The van der Waals surface area contributed by atoms with Gasteiger partial charge in [-0.25, -0.2) is 4.79 Å². The van der Waals surface area contributed by atoms with Crippen LogP contribution in [0.25, 0.3) is 0 Å². The molecule has 0 aromatic rings. The number of rotatable bonds is 0. The van der Waals surface area contributed by atoms with Gasteiger partial charge in [-0.15, -0.1) is 12.4 Å². The van der Waals surface area contributed by atoms with Crippen molar-refractivity contribution < 1.29 is 9.53 Å². The number of halogens is 1. The van der Waals surface area contributed by atoms with Gasteiger partial charge in [0.05, 0.1) is 0 Å². The van der Waals surface area contributed by atoms with E-state index in [9.17, 15) is 4.79 Å². The Morgan fingerprint density at radius 3 is 2.67 bits per heavy atom. The Balaban J connectivity index is 0.00000162. The van der Waals surface area contributed by atoms with E-state index in [1.807, 2.05) is 25.7 Å². The van der Waals surface area contributed by atoms with Gasteiger partial charge in [-0.3, -0.25) is 0 Å². The fraction of sp³-hybridized carbons (Fsp3) is 0.923. The average molecular weight is 277 g/mol. The Labute approximate surface area is 116 Å². The quantitative estimate of drug-likeness (QED) is 0.739. The smallest absolute Gasteiger partial charge is 0.410 e. The highest BCUT2D eigenvalue weighted by Crippen LogP contribution is 2.25. The highest BCUT2D eigenvalue weighted by atomic mass is 35.5. The lowest BCUT2D eigenvalue weighted by atomic mass is 10.0. The summed E-state index contributed by atoms with van der Waals surface area (Å²) in [7, 11) is 0. The predicted molar refractivity (Wildman–Crippen MR) is 74.2 cm³/mol.